The van der Waals surface area contributed by atoms with Crippen LogP contribution >= 0.6 is 0 Å². The van der Waals surface area contributed by atoms with Crippen molar-refractivity contribution in [2.24, 2.45) is 28.8 Å². The number of aromatic nitrogens is 2. The molecule has 4 rings (SSSR count). The van der Waals surface area contributed by atoms with E-state index in [0.717, 1.165) is 32.2 Å². The summed E-state index contributed by atoms with van der Waals surface area (Å²) >= 11 is 0. The highest BCUT2D eigenvalue weighted by Crippen LogP contribution is 2.43. The van der Waals surface area contributed by atoms with Crippen molar-refractivity contribution in [1.82, 2.24) is 15.0 Å². The minimum absolute atomic E-state index is 0.0830. The maximum absolute atomic E-state index is 13.5. The number of nitrogens with zero attached hydrogens (tertiary/aromatic N) is 5. The molecule has 0 N–H and O–H groups in total. The zero-order valence-electron chi connectivity index (χ0n) is 18.3. The first-order valence-electron chi connectivity index (χ1n) is 11.1. The average molecular weight is 424 g/mol. The highest BCUT2D eigenvalue weighted by atomic mass is 19.4. The van der Waals surface area contributed by atoms with Gasteiger partial charge in [0, 0.05) is 61.9 Å². The van der Waals surface area contributed by atoms with Crippen LogP contribution in [-0.2, 0) is 6.18 Å². The number of anilines is 1. The second-order valence-corrected chi connectivity index (χ2v) is 9.62. The zero-order chi connectivity index (χ0) is 21.6. The molecule has 0 radical (unpaired) electrons. The van der Waals surface area contributed by atoms with Crippen molar-refractivity contribution in [1.29, 1.82) is 0 Å². The fourth-order valence-electron chi connectivity index (χ4n) is 5.37. The van der Waals surface area contributed by atoms with Crippen molar-refractivity contribution in [3.05, 3.63) is 17.6 Å². The van der Waals surface area contributed by atoms with E-state index in [4.69, 9.17) is 0 Å². The van der Waals surface area contributed by atoms with Crippen LogP contribution in [0.15, 0.2) is 11.2 Å². The third kappa shape index (κ3) is 4.28. The average Bonchev–Trinajstić information content (AvgIpc) is 3.21. The third-order valence-corrected chi connectivity index (χ3v) is 7.25. The summed E-state index contributed by atoms with van der Waals surface area (Å²) in [6.07, 6.45) is -0.952. The molecule has 5 nitrogen and oxygen atoms in total. The van der Waals surface area contributed by atoms with Crippen LogP contribution in [0.1, 0.15) is 63.9 Å². The molecule has 1 saturated carbocycles. The molecular formula is C22H32F3N5. The lowest BCUT2D eigenvalue weighted by Crippen LogP contribution is -2.38. The number of hydrogen-bond acceptors (Lipinski definition) is 5. The molecular weight excluding hydrogens is 391 g/mol. The van der Waals surface area contributed by atoms with Crippen molar-refractivity contribution in [2.75, 3.05) is 31.6 Å². The molecule has 1 aliphatic carbocycles. The number of piperidine rings is 1. The molecule has 0 aromatic carbocycles. The van der Waals surface area contributed by atoms with Crippen molar-refractivity contribution in [3.63, 3.8) is 0 Å². The molecule has 1 aromatic heterocycles. The lowest BCUT2D eigenvalue weighted by atomic mass is 9.86. The number of hydrogen-bond donors (Lipinski definition) is 0. The summed E-state index contributed by atoms with van der Waals surface area (Å²) in [5.74, 6) is 1.37. The van der Waals surface area contributed by atoms with Gasteiger partial charge in [0.2, 0.25) is 5.82 Å². The molecule has 30 heavy (non-hydrogen) atoms. The molecule has 2 fully saturated rings. The lowest BCUT2D eigenvalue weighted by Gasteiger charge is -2.34. The number of alkyl halides is 3. The van der Waals surface area contributed by atoms with E-state index in [1.54, 1.807) is 0 Å². The SMILES string of the molecule is CC1CN(C)N=C1C1CCN(c2cc(C3CC(C)C(C)C3)nc(C(F)(F)F)n2)CC1. The molecule has 3 aliphatic rings. The Morgan fingerprint density at radius 3 is 2.13 bits per heavy atom. The fraction of sp³-hybridized carbons (Fsp3) is 0.773. The van der Waals surface area contributed by atoms with Crippen LogP contribution in [0.5, 0.6) is 0 Å². The van der Waals surface area contributed by atoms with E-state index >= 15 is 0 Å². The second kappa shape index (κ2) is 8.00. The van der Waals surface area contributed by atoms with Crippen LogP contribution < -0.4 is 4.90 Å². The Morgan fingerprint density at radius 1 is 0.967 bits per heavy atom. The van der Waals surface area contributed by atoms with Gasteiger partial charge in [0.05, 0.1) is 0 Å². The Balaban J connectivity index is 1.54. The third-order valence-electron chi connectivity index (χ3n) is 7.25. The topological polar surface area (TPSA) is 44.6 Å². The van der Waals surface area contributed by atoms with Crippen molar-refractivity contribution >= 4 is 11.5 Å². The van der Waals surface area contributed by atoms with Crippen LogP contribution in [0.25, 0.3) is 0 Å². The highest BCUT2D eigenvalue weighted by Gasteiger charge is 2.38. The summed E-state index contributed by atoms with van der Waals surface area (Å²) in [6.45, 7) is 8.89. The van der Waals surface area contributed by atoms with Gasteiger partial charge in [-0.25, -0.2) is 9.97 Å². The molecule has 166 valence electrons. The van der Waals surface area contributed by atoms with Crippen molar-refractivity contribution in [3.8, 4) is 0 Å². The largest absolute Gasteiger partial charge is 0.451 e. The molecule has 0 amide bonds. The maximum atomic E-state index is 13.5. The van der Waals surface area contributed by atoms with E-state index in [2.05, 4.69) is 35.8 Å². The van der Waals surface area contributed by atoms with Crippen LogP contribution in [0, 0.1) is 23.7 Å². The molecule has 1 aromatic rings. The first kappa shape index (κ1) is 21.4. The van der Waals surface area contributed by atoms with Gasteiger partial charge in [-0.2, -0.15) is 18.3 Å². The Bertz CT molecular complexity index is 790. The Morgan fingerprint density at radius 2 is 1.60 bits per heavy atom. The smallest absolute Gasteiger partial charge is 0.356 e. The molecule has 3 unspecified atom stereocenters. The van der Waals surface area contributed by atoms with Crippen LogP contribution in [0.2, 0.25) is 0 Å². The number of hydrazone groups is 1. The van der Waals surface area contributed by atoms with Crippen molar-refractivity contribution < 1.29 is 13.2 Å². The summed E-state index contributed by atoms with van der Waals surface area (Å²) in [4.78, 5) is 9.90. The van der Waals surface area contributed by atoms with E-state index in [9.17, 15) is 13.2 Å². The summed E-state index contributed by atoms with van der Waals surface area (Å²) < 4.78 is 40.6. The standard InChI is InChI=1S/C22H32F3N5/c1-13-9-17(10-14(13)2)18-11-19(27-21(26-18)22(23,24)25)30-7-5-16(6-8-30)20-15(3)12-29(4)28-20/h11,13-17H,5-10,12H2,1-4H3. The molecule has 1 saturated heterocycles. The van der Waals surface area contributed by atoms with Crippen LogP contribution in [0.4, 0.5) is 19.0 Å². The second-order valence-electron chi connectivity index (χ2n) is 9.62. The summed E-state index contributed by atoms with van der Waals surface area (Å²) in [7, 11) is 1.99. The normalized spacial score (nSPS) is 30.8. The molecule has 3 heterocycles. The summed E-state index contributed by atoms with van der Waals surface area (Å²) in [6, 6.07) is 1.81. The van der Waals surface area contributed by atoms with E-state index < -0.39 is 12.0 Å². The van der Waals surface area contributed by atoms with Gasteiger partial charge in [0.25, 0.3) is 0 Å². The molecule has 0 bridgehead atoms. The van der Waals surface area contributed by atoms with Gasteiger partial charge in [-0.3, -0.25) is 5.01 Å². The van der Waals surface area contributed by atoms with E-state index in [-0.39, 0.29) is 5.92 Å². The Hall–Kier alpha value is -1.86. The van der Waals surface area contributed by atoms with Gasteiger partial charge in [-0.1, -0.05) is 20.8 Å². The predicted molar refractivity (Wildman–Crippen MR) is 112 cm³/mol. The van der Waals surface area contributed by atoms with Crippen molar-refractivity contribution in [2.45, 2.75) is 58.5 Å². The first-order chi connectivity index (χ1) is 14.1. The minimum Gasteiger partial charge on any atom is -0.356 e. The highest BCUT2D eigenvalue weighted by molar-refractivity contribution is 5.90. The van der Waals surface area contributed by atoms with Gasteiger partial charge in [0.1, 0.15) is 5.82 Å². The van der Waals surface area contributed by atoms with Gasteiger partial charge in [-0.15, -0.1) is 0 Å². The lowest BCUT2D eigenvalue weighted by molar-refractivity contribution is -0.145. The molecule has 2 aliphatic heterocycles. The molecule has 3 atom stereocenters. The van der Waals surface area contributed by atoms with E-state index in [1.165, 1.54) is 5.71 Å². The van der Waals surface area contributed by atoms with E-state index in [0.29, 0.717) is 48.3 Å². The minimum atomic E-state index is -4.53. The summed E-state index contributed by atoms with van der Waals surface area (Å²) in [5, 5.41) is 6.66. The Labute approximate surface area is 176 Å². The number of rotatable bonds is 3. The molecule has 8 heteroatoms. The quantitative estimate of drug-likeness (QED) is 0.701. The van der Waals surface area contributed by atoms with Gasteiger partial charge in [-0.05, 0) is 37.5 Å². The maximum Gasteiger partial charge on any atom is 0.451 e. The fourth-order valence-corrected chi connectivity index (χ4v) is 5.37. The van der Waals surface area contributed by atoms with Crippen LogP contribution in [0.3, 0.4) is 0 Å². The summed E-state index contributed by atoms with van der Waals surface area (Å²) in [5.41, 5.74) is 1.80. The first-order valence-corrected chi connectivity index (χ1v) is 11.1. The van der Waals surface area contributed by atoms with E-state index in [1.807, 2.05) is 23.0 Å². The van der Waals surface area contributed by atoms with Crippen LogP contribution in [-0.4, -0.2) is 47.4 Å². The predicted octanol–water partition coefficient (Wildman–Crippen LogP) is 4.80. The Kier molecular flexibility index (Phi) is 5.70. The zero-order valence-corrected chi connectivity index (χ0v) is 18.3. The monoisotopic (exact) mass is 423 g/mol. The van der Waals surface area contributed by atoms with Gasteiger partial charge < -0.3 is 4.90 Å². The molecule has 0 spiro atoms. The number of halogens is 3. The van der Waals surface area contributed by atoms with Gasteiger partial charge in [0.15, 0.2) is 0 Å². The van der Waals surface area contributed by atoms with Gasteiger partial charge >= 0.3 is 6.18 Å².